The van der Waals surface area contributed by atoms with Crippen LogP contribution in [0.1, 0.15) is 83.2 Å². The van der Waals surface area contributed by atoms with Crippen LogP contribution in [0.2, 0.25) is 0 Å². The molecule has 0 aromatic heterocycles. The van der Waals surface area contributed by atoms with Crippen molar-refractivity contribution in [3.05, 3.63) is 198 Å². The number of nitrogens with zero attached hydrogens (tertiary/aromatic N) is 2. The zero-order chi connectivity index (χ0) is 43.6. The van der Waals surface area contributed by atoms with E-state index in [-0.39, 0.29) is 23.1 Å². The lowest BCUT2D eigenvalue weighted by molar-refractivity contribution is 0.590. The van der Waals surface area contributed by atoms with Crippen molar-refractivity contribution >= 4 is 46.2 Å². The van der Waals surface area contributed by atoms with Gasteiger partial charge in [-0.1, -0.05) is 189 Å². The van der Waals surface area contributed by atoms with Gasteiger partial charge in [0, 0.05) is 39.2 Å². The molecular weight excluding hydrogens is 759 g/mol. The first kappa shape index (κ1) is 39.3. The highest BCUT2D eigenvalue weighted by molar-refractivity contribution is 6.93. The number of benzene rings is 8. The molecule has 3 aliphatic rings. The fourth-order valence-corrected chi connectivity index (χ4v) is 10.9. The normalized spacial score (nSPS) is 14.5. The minimum absolute atomic E-state index is 0.0228. The topological polar surface area (TPSA) is 6.48 Å². The van der Waals surface area contributed by atoms with E-state index in [9.17, 15) is 0 Å². The van der Waals surface area contributed by atoms with Crippen LogP contribution >= 0.6 is 0 Å². The van der Waals surface area contributed by atoms with Gasteiger partial charge in [0.05, 0.1) is 11.4 Å². The quantitative estimate of drug-likeness (QED) is 0.163. The highest BCUT2D eigenvalue weighted by Crippen LogP contribution is 2.57. The van der Waals surface area contributed by atoms with Gasteiger partial charge in [-0.2, -0.15) is 0 Å². The molecule has 0 fully saturated rings. The third kappa shape index (κ3) is 6.07. The molecule has 0 unspecified atom stereocenters. The summed E-state index contributed by atoms with van der Waals surface area (Å²) in [7, 11) is 0. The maximum Gasteiger partial charge on any atom is 0.333 e. The Morgan fingerprint density at radius 1 is 0.460 bits per heavy atom. The summed E-state index contributed by atoms with van der Waals surface area (Å²) >= 11 is 0. The summed E-state index contributed by atoms with van der Waals surface area (Å²) in [6.07, 6.45) is 0. The average Bonchev–Trinajstić information content (AvgIpc) is 3.52. The second-order valence-electron chi connectivity index (χ2n) is 20.7. The lowest BCUT2D eigenvalue weighted by Crippen LogP contribution is -2.61. The Kier molecular flexibility index (Phi) is 8.71. The summed E-state index contributed by atoms with van der Waals surface area (Å²) in [5.41, 5.74) is 25.4. The predicted molar refractivity (Wildman–Crippen MR) is 271 cm³/mol. The highest BCUT2D eigenvalue weighted by Gasteiger charge is 2.49. The van der Waals surface area contributed by atoms with Crippen LogP contribution in [-0.2, 0) is 16.2 Å². The predicted octanol–water partition coefficient (Wildman–Crippen LogP) is 14.9. The first-order valence-corrected chi connectivity index (χ1v) is 22.7. The molecule has 0 saturated carbocycles. The number of anilines is 5. The van der Waals surface area contributed by atoms with Crippen LogP contribution in [-0.4, -0.2) is 6.85 Å². The van der Waals surface area contributed by atoms with Crippen LogP contribution in [0.15, 0.2) is 170 Å². The Hall–Kier alpha value is -6.58. The number of aryl methyl sites for hydroxylation is 1. The van der Waals surface area contributed by atoms with E-state index in [1.165, 1.54) is 112 Å². The summed E-state index contributed by atoms with van der Waals surface area (Å²) in [4.78, 5) is 5.35. The van der Waals surface area contributed by atoms with Crippen molar-refractivity contribution in [1.29, 1.82) is 0 Å². The van der Waals surface area contributed by atoms with Crippen LogP contribution in [0.3, 0.4) is 0 Å². The molecule has 0 N–H and O–H groups in total. The van der Waals surface area contributed by atoms with Crippen molar-refractivity contribution in [3.8, 4) is 44.5 Å². The molecule has 0 atom stereocenters. The average molecular weight is 815 g/mol. The van der Waals surface area contributed by atoms with E-state index in [0.29, 0.717) is 0 Å². The summed E-state index contributed by atoms with van der Waals surface area (Å²) in [6, 6.07) is 64.8. The Balaban J connectivity index is 1.28. The molecule has 2 heterocycles. The summed E-state index contributed by atoms with van der Waals surface area (Å²) in [5, 5.41) is 0. The third-order valence-electron chi connectivity index (χ3n) is 14.2. The summed E-state index contributed by atoms with van der Waals surface area (Å²) < 4.78 is 0. The Bertz CT molecular complexity index is 3110. The third-order valence-corrected chi connectivity index (χ3v) is 14.2. The van der Waals surface area contributed by atoms with Gasteiger partial charge in [-0.3, -0.25) is 0 Å². The molecule has 0 bridgehead atoms. The van der Waals surface area contributed by atoms with Crippen molar-refractivity contribution < 1.29 is 0 Å². The maximum absolute atomic E-state index is 2.67. The fraction of sp³-hybridized carbons (Fsp3) is 0.200. The van der Waals surface area contributed by atoms with Crippen molar-refractivity contribution in [2.45, 2.75) is 78.6 Å². The van der Waals surface area contributed by atoms with Crippen molar-refractivity contribution in [1.82, 2.24) is 0 Å². The molecule has 308 valence electrons. The lowest BCUT2D eigenvalue weighted by atomic mass is 9.43. The fourth-order valence-electron chi connectivity index (χ4n) is 10.9. The summed E-state index contributed by atoms with van der Waals surface area (Å²) in [6.45, 7) is 20.9. The number of fused-ring (bicyclic) bond motifs is 8. The van der Waals surface area contributed by atoms with Crippen LogP contribution in [0.4, 0.5) is 28.4 Å². The van der Waals surface area contributed by atoms with Crippen LogP contribution in [0.25, 0.3) is 44.5 Å². The second-order valence-corrected chi connectivity index (χ2v) is 20.7. The highest BCUT2D eigenvalue weighted by atomic mass is 15.2. The second kappa shape index (κ2) is 14.0. The van der Waals surface area contributed by atoms with Crippen molar-refractivity contribution in [2.75, 3.05) is 9.71 Å². The van der Waals surface area contributed by atoms with Gasteiger partial charge in [-0.25, -0.2) is 0 Å². The molecule has 0 amide bonds. The van der Waals surface area contributed by atoms with Crippen LogP contribution in [0.5, 0.6) is 0 Å². The molecule has 3 heteroatoms. The molecule has 2 aliphatic heterocycles. The van der Waals surface area contributed by atoms with Gasteiger partial charge in [0.2, 0.25) is 0 Å². The van der Waals surface area contributed by atoms with E-state index in [2.05, 4.69) is 242 Å². The van der Waals surface area contributed by atoms with E-state index in [1.807, 2.05) is 0 Å². The van der Waals surface area contributed by atoms with E-state index in [4.69, 9.17) is 0 Å². The molecule has 0 spiro atoms. The summed E-state index contributed by atoms with van der Waals surface area (Å²) in [5.74, 6) is 0. The van der Waals surface area contributed by atoms with Gasteiger partial charge < -0.3 is 9.71 Å². The number of hydrogen-bond donors (Lipinski definition) is 0. The van der Waals surface area contributed by atoms with E-state index in [1.54, 1.807) is 0 Å². The Morgan fingerprint density at radius 3 is 1.81 bits per heavy atom. The molecule has 0 saturated heterocycles. The monoisotopic (exact) mass is 814 g/mol. The maximum atomic E-state index is 2.67. The Labute approximate surface area is 375 Å². The zero-order valence-corrected chi connectivity index (χ0v) is 38.1. The van der Waals surface area contributed by atoms with Gasteiger partial charge in [0.1, 0.15) is 0 Å². The van der Waals surface area contributed by atoms with E-state index < -0.39 is 0 Å². The van der Waals surface area contributed by atoms with Crippen LogP contribution < -0.4 is 20.6 Å². The molecule has 8 aromatic carbocycles. The molecule has 2 nitrogen and oxygen atoms in total. The first-order valence-electron chi connectivity index (χ1n) is 22.7. The van der Waals surface area contributed by atoms with Crippen LogP contribution in [0, 0.1) is 6.92 Å². The van der Waals surface area contributed by atoms with Gasteiger partial charge in [-0.05, 0) is 121 Å². The SMILES string of the molecule is Cc1cc2c3c(c1)N(c1ccc(C(C)(C)C)cc1-c1ccccc1)c1c(ccc4c1-c1ccccc1C4(C)C)B3N(c1ccc(C(C)(C)C)cc1)c1cc(-c3ccccc3)ccc1-2. The van der Waals surface area contributed by atoms with Gasteiger partial charge >= 0.3 is 6.85 Å². The number of hydrogen-bond acceptors (Lipinski definition) is 2. The molecular formula is C60H55BN2. The number of rotatable bonds is 4. The lowest BCUT2D eigenvalue weighted by Gasteiger charge is -2.47. The molecule has 8 aromatic rings. The molecule has 1 aliphatic carbocycles. The minimum atomic E-state index is -0.171. The van der Waals surface area contributed by atoms with Crippen molar-refractivity contribution in [3.63, 3.8) is 0 Å². The molecule has 0 radical (unpaired) electrons. The van der Waals surface area contributed by atoms with Gasteiger partial charge in [-0.15, -0.1) is 0 Å². The zero-order valence-electron chi connectivity index (χ0n) is 38.1. The van der Waals surface area contributed by atoms with Gasteiger partial charge in [0.15, 0.2) is 0 Å². The largest absolute Gasteiger partial charge is 0.376 e. The van der Waals surface area contributed by atoms with E-state index >= 15 is 0 Å². The van der Waals surface area contributed by atoms with Gasteiger partial charge in [0.25, 0.3) is 0 Å². The standard InChI is InChI=1S/C60H55BN2/c1-38-34-48-45-30-24-41(39-18-12-10-13-19-39)36-53(45)63(44-28-25-42(26-29-44)58(2,3)4)61-51-32-31-50-55(46-22-16-17-23-49(46)60(50,8)9)57(51)62(54(35-38)56(48)61)52-33-27-43(59(5,6)7)37-47(52)40-20-14-11-15-21-40/h10-37H,1-9H3. The minimum Gasteiger partial charge on any atom is -0.376 e. The first-order chi connectivity index (χ1) is 30.2. The molecule has 63 heavy (non-hydrogen) atoms. The smallest absolute Gasteiger partial charge is 0.333 e. The van der Waals surface area contributed by atoms with E-state index in [0.717, 1.165) is 0 Å². The molecule has 11 rings (SSSR count). The Morgan fingerprint density at radius 2 is 1.11 bits per heavy atom. The van der Waals surface area contributed by atoms with Crippen molar-refractivity contribution in [2.24, 2.45) is 0 Å².